The van der Waals surface area contributed by atoms with Crippen molar-refractivity contribution >= 4 is 12.1 Å². The smallest absolute Gasteiger partial charge is 0.116 e. The lowest BCUT2D eigenvalue weighted by Crippen LogP contribution is -2.04. The molecule has 0 fully saturated rings. The van der Waals surface area contributed by atoms with E-state index in [4.69, 9.17) is 0 Å². The van der Waals surface area contributed by atoms with E-state index < -0.39 is 0 Å². The van der Waals surface area contributed by atoms with E-state index in [1.165, 1.54) is 0 Å². The van der Waals surface area contributed by atoms with Crippen molar-refractivity contribution in [1.82, 2.24) is 4.98 Å². The molecule has 0 spiro atoms. The Labute approximate surface area is 87.6 Å². The number of rotatable bonds is 1. The lowest BCUT2D eigenvalue weighted by molar-refractivity contribution is 0.980. The van der Waals surface area contributed by atoms with Crippen LogP contribution in [-0.4, -0.2) is 17.0 Å². The summed E-state index contributed by atoms with van der Waals surface area (Å²) in [6.45, 7) is 0. The number of aliphatic imine (C=N–C) groups is 2. The minimum Gasteiger partial charge on any atom is -0.260 e. The third-order valence-corrected chi connectivity index (χ3v) is 2.48. The Kier molecular flexibility index (Phi) is 1.81. The number of allylic oxidation sites excluding steroid dienone is 3. The molecule has 1 aromatic heterocycles. The highest BCUT2D eigenvalue weighted by Crippen LogP contribution is 2.25. The molecule has 1 aliphatic heterocycles. The molecule has 1 aromatic rings. The molecule has 0 amide bonds. The van der Waals surface area contributed by atoms with Crippen molar-refractivity contribution in [2.45, 2.75) is 5.92 Å². The van der Waals surface area contributed by atoms with Crippen LogP contribution in [0.15, 0.2) is 58.3 Å². The molecule has 3 nitrogen and oxygen atoms in total. The van der Waals surface area contributed by atoms with Crippen LogP contribution in [0, 0.1) is 0 Å². The van der Waals surface area contributed by atoms with E-state index in [-0.39, 0.29) is 5.92 Å². The van der Waals surface area contributed by atoms with Crippen LogP contribution < -0.4 is 0 Å². The number of nitrogens with zero attached hydrogens (tertiary/aromatic N) is 3. The number of hydrogen-bond donors (Lipinski definition) is 0. The Hall–Kier alpha value is -2.03. The third-order valence-electron chi connectivity index (χ3n) is 2.48. The maximum absolute atomic E-state index is 4.33. The first kappa shape index (κ1) is 8.29. The Morgan fingerprint density at radius 3 is 3.07 bits per heavy atom. The molecule has 15 heavy (non-hydrogen) atoms. The van der Waals surface area contributed by atoms with Crippen LogP contribution in [0.2, 0.25) is 0 Å². The van der Waals surface area contributed by atoms with Crippen LogP contribution in [0.4, 0.5) is 0 Å². The van der Waals surface area contributed by atoms with Gasteiger partial charge in [0.15, 0.2) is 0 Å². The summed E-state index contributed by atoms with van der Waals surface area (Å²) in [5.74, 6) is 0.218. The van der Waals surface area contributed by atoms with E-state index in [9.17, 15) is 0 Å². The average Bonchev–Trinajstić information content (AvgIpc) is 2.77. The Bertz CT molecular complexity index is 495. The van der Waals surface area contributed by atoms with Gasteiger partial charge in [-0.15, -0.1) is 0 Å². The maximum atomic E-state index is 4.33. The summed E-state index contributed by atoms with van der Waals surface area (Å²) in [5, 5.41) is 0. The Morgan fingerprint density at radius 1 is 1.20 bits per heavy atom. The molecule has 3 heteroatoms. The van der Waals surface area contributed by atoms with Crippen LogP contribution in [0.3, 0.4) is 0 Å². The van der Waals surface area contributed by atoms with Crippen molar-refractivity contribution in [3.63, 3.8) is 0 Å². The molecule has 1 atom stereocenters. The summed E-state index contributed by atoms with van der Waals surface area (Å²) < 4.78 is 0. The van der Waals surface area contributed by atoms with Crippen LogP contribution in [0.25, 0.3) is 0 Å². The number of aromatic nitrogens is 1. The number of fused-ring (bicyclic) bond motifs is 1. The van der Waals surface area contributed by atoms with Gasteiger partial charge < -0.3 is 0 Å². The van der Waals surface area contributed by atoms with E-state index in [1.54, 1.807) is 6.34 Å². The molecule has 3 rings (SSSR count). The fourth-order valence-electron chi connectivity index (χ4n) is 1.72. The van der Waals surface area contributed by atoms with Crippen molar-refractivity contribution in [3.05, 3.63) is 54.0 Å². The summed E-state index contributed by atoms with van der Waals surface area (Å²) in [6, 6.07) is 5.94. The zero-order valence-corrected chi connectivity index (χ0v) is 8.04. The van der Waals surface area contributed by atoms with Gasteiger partial charge in [-0.2, -0.15) is 0 Å². The van der Waals surface area contributed by atoms with Crippen molar-refractivity contribution in [2.24, 2.45) is 9.98 Å². The summed E-state index contributed by atoms with van der Waals surface area (Å²) >= 11 is 0. The zero-order chi connectivity index (χ0) is 10.1. The summed E-state index contributed by atoms with van der Waals surface area (Å²) in [5.41, 5.74) is 2.94. The summed E-state index contributed by atoms with van der Waals surface area (Å²) in [7, 11) is 0. The number of hydrogen-bond acceptors (Lipinski definition) is 3. The second kappa shape index (κ2) is 3.28. The molecule has 0 aromatic carbocycles. The molecule has 1 unspecified atom stereocenters. The fraction of sp³-hybridized carbons (Fsp3) is 0.0833. The molecule has 2 heterocycles. The molecule has 0 saturated heterocycles. The normalized spacial score (nSPS) is 22.3. The van der Waals surface area contributed by atoms with Crippen molar-refractivity contribution in [2.75, 3.05) is 0 Å². The SMILES string of the molecule is C1=CC(c2ccccn2)C=C2N=CN=C12. The van der Waals surface area contributed by atoms with E-state index in [0.29, 0.717) is 0 Å². The zero-order valence-electron chi connectivity index (χ0n) is 8.04. The van der Waals surface area contributed by atoms with Gasteiger partial charge in [-0.3, -0.25) is 4.98 Å². The summed E-state index contributed by atoms with van der Waals surface area (Å²) in [6.07, 6.45) is 9.58. The van der Waals surface area contributed by atoms with E-state index >= 15 is 0 Å². The van der Waals surface area contributed by atoms with Crippen LogP contribution in [0.1, 0.15) is 11.6 Å². The van der Waals surface area contributed by atoms with Gasteiger partial charge in [0.25, 0.3) is 0 Å². The van der Waals surface area contributed by atoms with Gasteiger partial charge in [-0.25, -0.2) is 9.98 Å². The van der Waals surface area contributed by atoms with Gasteiger partial charge >= 0.3 is 0 Å². The predicted octanol–water partition coefficient (Wildman–Crippen LogP) is 2.10. The lowest BCUT2D eigenvalue weighted by Gasteiger charge is -2.12. The first-order chi connectivity index (χ1) is 7.43. The maximum Gasteiger partial charge on any atom is 0.116 e. The molecular formula is C12H9N3. The minimum atomic E-state index is 0.218. The predicted molar refractivity (Wildman–Crippen MR) is 60.1 cm³/mol. The highest BCUT2D eigenvalue weighted by molar-refractivity contribution is 6.15. The van der Waals surface area contributed by atoms with E-state index in [1.807, 2.05) is 30.5 Å². The topological polar surface area (TPSA) is 37.6 Å². The Balaban J connectivity index is 1.98. The second-order valence-electron chi connectivity index (χ2n) is 3.45. The summed E-state index contributed by atoms with van der Waals surface area (Å²) in [4.78, 5) is 12.7. The first-order valence-electron chi connectivity index (χ1n) is 4.85. The molecular weight excluding hydrogens is 186 g/mol. The molecule has 0 bridgehead atoms. The lowest BCUT2D eigenvalue weighted by atomic mass is 9.96. The molecule has 0 radical (unpaired) electrons. The van der Waals surface area contributed by atoms with Gasteiger partial charge in [0, 0.05) is 12.1 Å². The molecule has 72 valence electrons. The van der Waals surface area contributed by atoms with Gasteiger partial charge in [-0.1, -0.05) is 12.1 Å². The van der Waals surface area contributed by atoms with Crippen molar-refractivity contribution in [1.29, 1.82) is 0 Å². The van der Waals surface area contributed by atoms with Crippen molar-refractivity contribution < 1.29 is 0 Å². The number of pyridine rings is 1. The minimum absolute atomic E-state index is 0.218. The first-order valence-corrected chi connectivity index (χ1v) is 4.85. The van der Waals surface area contributed by atoms with E-state index in [0.717, 1.165) is 17.1 Å². The highest BCUT2D eigenvalue weighted by Gasteiger charge is 2.17. The van der Waals surface area contributed by atoms with Gasteiger partial charge in [-0.05, 0) is 24.3 Å². The highest BCUT2D eigenvalue weighted by atomic mass is 15.0. The fourth-order valence-corrected chi connectivity index (χ4v) is 1.72. The van der Waals surface area contributed by atoms with Gasteiger partial charge in [0.1, 0.15) is 6.34 Å². The van der Waals surface area contributed by atoms with Crippen LogP contribution in [-0.2, 0) is 0 Å². The largest absolute Gasteiger partial charge is 0.260 e. The Morgan fingerprint density at radius 2 is 2.20 bits per heavy atom. The van der Waals surface area contributed by atoms with E-state index in [2.05, 4.69) is 27.1 Å². The van der Waals surface area contributed by atoms with Crippen LogP contribution >= 0.6 is 0 Å². The third kappa shape index (κ3) is 1.42. The van der Waals surface area contributed by atoms with Gasteiger partial charge in [0.05, 0.1) is 17.1 Å². The van der Waals surface area contributed by atoms with Crippen molar-refractivity contribution in [3.8, 4) is 0 Å². The molecule has 1 aliphatic carbocycles. The van der Waals surface area contributed by atoms with Crippen LogP contribution in [0.5, 0.6) is 0 Å². The van der Waals surface area contributed by atoms with Gasteiger partial charge in [0.2, 0.25) is 0 Å². The molecule has 2 aliphatic rings. The molecule has 0 N–H and O–H groups in total. The average molecular weight is 195 g/mol. The molecule has 0 saturated carbocycles. The quantitative estimate of drug-likeness (QED) is 0.676. The monoisotopic (exact) mass is 195 g/mol. The standard InChI is InChI=1S/C12H9N3/c1-2-6-13-10(3-1)9-4-5-11-12(7-9)15-8-14-11/h1-9H. The second-order valence-corrected chi connectivity index (χ2v) is 3.45.